The molecule has 0 saturated heterocycles. The highest BCUT2D eigenvalue weighted by Crippen LogP contribution is 2.31. The normalized spacial score (nSPS) is 21.4. The number of guanidine groups is 1. The zero-order chi connectivity index (χ0) is 12.5. The Hall–Kier alpha value is -1.97. The summed E-state index contributed by atoms with van der Waals surface area (Å²) in [6, 6.07) is 6.61. The Labute approximate surface area is 107 Å². The summed E-state index contributed by atoms with van der Waals surface area (Å²) in [4.78, 5) is 6.42. The molecule has 0 fully saturated rings. The summed E-state index contributed by atoms with van der Waals surface area (Å²) in [5, 5.41) is 0. The fourth-order valence-corrected chi connectivity index (χ4v) is 2.59. The molecule has 0 aromatic heterocycles. The number of nitrogens with two attached hydrogens (primary N) is 1. The van der Waals surface area contributed by atoms with Crippen LogP contribution in [0, 0.1) is 0 Å². The fraction of sp³-hybridized carbons (Fsp3) is 0.357. The van der Waals surface area contributed by atoms with E-state index in [0.29, 0.717) is 5.96 Å². The second-order valence-electron chi connectivity index (χ2n) is 4.62. The fourth-order valence-electron chi connectivity index (χ4n) is 2.59. The van der Waals surface area contributed by atoms with E-state index in [1.807, 2.05) is 6.08 Å². The van der Waals surface area contributed by atoms with Gasteiger partial charge in [-0.2, -0.15) is 0 Å². The molecule has 0 bridgehead atoms. The SMILES string of the molecule is C=CCN1C(N)=NCC1c1ccc2c(c1)CCO2. The molecular formula is C14H17N3O. The van der Waals surface area contributed by atoms with Gasteiger partial charge in [-0.1, -0.05) is 12.1 Å². The standard InChI is InChI=1S/C14H17N3O/c1-2-6-17-12(9-16-14(17)15)10-3-4-13-11(8-10)5-7-18-13/h2-4,8,12H,1,5-7,9H2,(H2,15,16). The molecule has 2 heterocycles. The van der Waals surface area contributed by atoms with Crippen molar-refractivity contribution in [1.82, 2.24) is 4.90 Å². The highest BCUT2D eigenvalue weighted by Gasteiger charge is 2.27. The number of nitrogens with zero attached hydrogens (tertiary/aromatic N) is 2. The van der Waals surface area contributed by atoms with Crippen LogP contribution in [-0.4, -0.2) is 30.6 Å². The van der Waals surface area contributed by atoms with E-state index < -0.39 is 0 Å². The van der Waals surface area contributed by atoms with Gasteiger partial charge in [0.1, 0.15) is 5.75 Å². The lowest BCUT2D eigenvalue weighted by atomic mass is 10.0. The molecule has 3 rings (SSSR count). The van der Waals surface area contributed by atoms with E-state index in [9.17, 15) is 0 Å². The smallest absolute Gasteiger partial charge is 0.192 e. The number of hydrogen-bond donors (Lipinski definition) is 1. The van der Waals surface area contributed by atoms with E-state index >= 15 is 0 Å². The van der Waals surface area contributed by atoms with Gasteiger partial charge in [-0.25, -0.2) is 0 Å². The van der Waals surface area contributed by atoms with E-state index in [1.54, 1.807) is 0 Å². The van der Waals surface area contributed by atoms with Gasteiger partial charge in [-0.3, -0.25) is 4.99 Å². The van der Waals surface area contributed by atoms with Crippen LogP contribution < -0.4 is 10.5 Å². The van der Waals surface area contributed by atoms with E-state index in [1.165, 1.54) is 11.1 Å². The molecule has 2 N–H and O–H groups in total. The molecule has 0 spiro atoms. The summed E-state index contributed by atoms with van der Waals surface area (Å²) >= 11 is 0. The zero-order valence-corrected chi connectivity index (χ0v) is 10.3. The summed E-state index contributed by atoms with van der Waals surface area (Å²) in [6.45, 7) is 6.01. The van der Waals surface area contributed by atoms with E-state index in [4.69, 9.17) is 10.5 Å². The number of benzene rings is 1. The predicted molar refractivity (Wildman–Crippen MR) is 71.8 cm³/mol. The van der Waals surface area contributed by atoms with Crippen LogP contribution >= 0.6 is 0 Å². The van der Waals surface area contributed by atoms with Crippen molar-refractivity contribution in [3.05, 3.63) is 42.0 Å². The van der Waals surface area contributed by atoms with Crippen molar-refractivity contribution in [3.63, 3.8) is 0 Å². The van der Waals surface area contributed by atoms with Crippen LogP contribution in [0.2, 0.25) is 0 Å². The van der Waals surface area contributed by atoms with Gasteiger partial charge in [0.25, 0.3) is 0 Å². The molecule has 94 valence electrons. The van der Waals surface area contributed by atoms with E-state index in [-0.39, 0.29) is 6.04 Å². The third-order valence-corrected chi connectivity index (χ3v) is 3.52. The largest absolute Gasteiger partial charge is 0.493 e. The summed E-state index contributed by atoms with van der Waals surface area (Å²) in [5.74, 6) is 1.62. The Morgan fingerprint density at radius 1 is 1.56 bits per heavy atom. The van der Waals surface area contributed by atoms with Crippen LogP contribution in [0.15, 0.2) is 35.8 Å². The predicted octanol–water partition coefficient (Wildman–Crippen LogP) is 1.48. The van der Waals surface area contributed by atoms with Crippen molar-refractivity contribution in [2.75, 3.05) is 19.7 Å². The maximum atomic E-state index is 5.91. The Morgan fingerprint density at radius 3 is 3.28 bits per heavy atom. The maximum Gasteiger partial charge on any atom is 0.192 e. The average molecular weight is 243 g/mol. The number of fused-ring (bicyclic) bond motifs is 1. The first-order valence-electron chi connectivity index (χ1n) is 6.22. The lowest BCUT2D eigenvalue weighted by Crippen LogP contribution is -2.36. The molecule has 0 amide bonds. The molecule has 1 atom stereocenters. The van der Waals surface area contributed by atoms with Gasteiger partial charge >= 0.3 is 0 Å². The number of aliphatic imine (C=N–C) groups is 1. The molecule has 4 heteroatoms. The van der Waals surface area contributed by atoms with Gasteiger partial charge in [0.2, 0.25) is 0 Å². The molecule has 0 saturated carbocycles. The van der Waals surface area contributed by atoms with E-state index in [0.717, 1.165) is 31.9 Å². The topological polar surface area (TPSA) is 50.8 Å². The van der Waals surface area contributed by atoms with E-state index in [2.05, 4.69) is 34.7 Å². The van der Waals surface area contributed by atoms with Crippen molar-refractivity contribution in [2.24, 2.45) is 10.7 Å². The molecule has 0 radical (unpaired) electrons. The summed E-state index contributed by atoms with van der Waals surface area (Å²) in [7, 11) is 0. The van der Waals surface area contributed by atoms with Gasteiger partial charge in [-0.05, 0) is 23.3 Å². The van der Waals surface area contributed by atoms with Crippen LogP contribution in [0.3, 0.4) is 0 Å². The Balaban J connectivity index is 1.88. The van der Waals surface area contributed by atoms with Gasteiger partial charge < -0.3 is 15.4 Å². The Kier molecular flexibility index (Phi) is 2.70. The summed E-state index contributed by atoms with van der Waals surface area (Å²) < 4.78 is 5.53. The molecule has 4 nitrogen and oxygen atoms in total. The Morgan fingerprint density at radius 2 is 2.44 bits per heavy atom. The first-order chi connectivity index (χ1) is 8.79. The molecule has 2 aliphatic rings. The van der Waals surface area contributed by atoms with Crippen LogP contribution in [-0.2, 0) is 6.42 Å². The first-order valence-corrected chi connectivity index (χ1v) is 6.22. The highest BCUT2D eigenvalue weighted by atomic mass is 16.5. The quantitative estimate of drug-likeness (QED) is 0.818. The molecule has 1 unspecified atom stereocenters. The number of ether oxygens (including phenoxy) is 1. The van der Waals surface area contributed by atoms with Crippen molar-refractivity contribution >= 4 is 5.96 Å². The summed E-state index contributed by atoms with van der Waals surface area (Å²) in [6.07, 6.45) is 2.85. The van der Waals surface area contributed by atoms with Gasteiger partial charge in [-0.15, -0.1) is 6.58 Å². The molecule has 1 aromatic rings. The number of rotatable bonds is 3. The minimum atomic E-state index is 0.230. The second-order valence-corrected chi connectivity index (χ2v) is 4.62. The molecule has 1 aromatic carbocycles. The van der Waals surface area contributed by atoms with Crippen molar-refractivity contribution in [3.8, 4) is 5.75 Å². The highest BCUT2D eigenvalue weighted by molar-refractivity contribution is 5.80. The van der Waals surface area contributed by atoms with Gasteiger partial charge in [0.05, 0.1) is 19.2 Å². The van der Waals surface area contributed by atoms with Crippen LogP contribution in [0.1, 0.15) is 17.2 Å². The van der Waals surface area contributed by atoms with Crippen molar-refractivity contribution < 1.29 is 4.74 Å². The molecule has 18 heavy (non-hydrogen) atoms. The third kappa shape index (κ3) is 1.74. The lowest BCUT2D eigenvalue weighted by Gasteiger charge is -2.25. The second kappa shape index (κ2) is 4.37. The minimum absolute atomic E-state index is 0.230. The average Bonchev–Trinajstić information content (AvgIpc) is 2.97. The third-order valence-electron chi connectivity index (χ3n) is 3.52. The first kappa shape index (κ1) is 11.1. The van der Waals surface area contributed by atoms with Crippen LogP contribution in [0.25, 0.3) is 0 Å². The lowest BCUT2D eigenvalue weighted by molar-refractivity contribution is 0.356. The van der Waals surface area contributed by atoms with Crippen molar-refractivity contribution in [1.29, 1.82) is 0 Å². The molecule has 0 aliphatic carbocycles. The monoisotopic (exact) mass is 243 g/mol. The van der Waals surface area contributed by atoms with Crippen molar-refractivity contribution in [2.45, 2.75) is 12.5 Å². The van der Waals surface area contributed by atoms with Gasteiger partial charge in [0.15, 0.2) is 5.96 Å². The summed E-state index contributed by atoms with van der Waals surface area (Å²) in [5.41, 5.74) is 8.45. The molecule has 2 aliphatic heterocycles. The van der Waals surface area contributed by atoms with Crippen LogP contribution in [0.4, 0.5) is 0 Å². The minimum Gasteiger partial charge on any atom is -0.493 e. The van der Waals surface area contributed by atoms with Gasteiger partial charge in [0, 0.05) is 13.0 Å². The maximum absolute atomic E-state index is 5.91. The molecular weight excluding hydrogens is 226 g/mol. The van der Waals surface area contributed by atoms with Crippen LogP contribution in [0.5, 0.6) is 5.75 Å². The Bertz CT molecular complexity index is 510. The zero-order valence-electron chi connectivity index (χ0n) is 10.3. The number of hydrogen-bond acceptors (Lipinski definition) is 4.